The van der Waals surface area contributed by atoms with E-state index < -0.39 is 44.2 Å². The highest BCUT2D eigenvalue weighted by Gasteiger charge is 2.41. The van der Waals surface area contributed by atoms with Gasteiger partial charge in [0.05, 0.1) is 29.9 Å². The molecule has 3 rings (SSSR count). The zero-order valence-electron chi connectivity index (χ0n) is 19.7. The number of carboxylic acid groups (broad SMARTS) is 1. The van der Waals surface area contributed by atoms with Gasteiger partial charge in [-0.1, -0.05) is 70.4 Å². The van der Waals surface area contributed by atoms with Gasteiger partial charge in [-0.05, 0) is 33.9 Å². The van der Waals surface area contributed by atoms with Crippen molar-refractivity contribution in [2.24, 2.45) is 10.9 Å². The zero-order chi connectivity index (χ0) is 27.2. The summed E-state index contributed by atoms with van der Waals surface area (Å²) in [6.07, 6.45) is 1.57. The van der Waals surface area contributed by atoms with Crippen LogP contribution >= 0.6 is 0 Å². The second-order valence-corrected chi connectivity index (χ2v) is 12.1. The van der Waals surface area contributed by atoms with E-state index in [1.54, 1.807) is 54.6 Å². The smallest absolute Gasteiger partial charge is 0.323 e. The molecular weight excluding hydrogens is 516 g/mol. The molecule has 0 spiro atoms. The molecule has 0 aliphatic rings. The minimum Gasteiger partial charge on any atom is -0.480 e. The number of hydrogen-bond donors (Lipinski definition) is 2. The van der Waals surface area contributed by atoms with Gasteiger partial charge >= 0.3 is 5.97 Å². The standard InChI is InChI=1S/C25H24N4O6S2/c1-36(32,33)29(24(25(30)31)14-19-5-4-6-20(13-19)16-28-27)37(34,35)17-18-9-11-21(12-10-18)23-8-3-2-7-22(23)15-26/h2-13,16,24H,14,17,27H2,1H3,(H,30,31)/b28-16+. The first-order chi connectivity index (χ1) is 17.5. The Morgan fingerprint density at radius 2 is 1.73 bits per heavy atom. The molecule has 37 heavy (non-hydrogen) atoms. The molecule has 3 N–H and O–H groups in total. The van der Waals surface area contributed by atoms with Crippen LogP contribution in [0.4, 0.5) is 0 Å². The molecule has 0 heterocycles. The summed E-state index contributed by atoms with van der Waals surface area (Å²) in [4.78, 5) is 12.1. The largest absolute Gasteiger partial charge is 0.480 e. The molecule has 1 atom stereocenters. The van der Waals surface area contributed by atoms with E-state index in [4.69, 9.17) is 5.84 Å². The van der Waals surface area contributed by atoms with Crippen LogP contribution in [-0.2, 0) is 37.0 Å². The molecule has 1 unspecified atom stereocenters. The fourth-order valence-corrected chi connectivity index (χ4v) is 7.61. The van der Waals surface area contributed by atoms with Crippen molar-refractivity contribution in [3.05, 3.63) is 95.1 Å². The number of hydrazone groups is 1. The first-order valence-electron chi connectivity index (χ1n) is 10.8. The third kappa shape index (κ3) is 6.79. The van der Waals surface area contributed by atoms with E-state index in [0.717, 1.165) is 0 Å². The van der Waals surface area contributed by atoms with Crippen molar-refractivity contribution in [2.75, 3.05) is 6.26 Å². The normalized spacial score (nSPS) is 12.9. The lowest BCUT2D eigenvalue weighted by atomic mass is 10.00. The number of nitrogens with zero attached hydrogens (tertiary/aromatic N) is 3. The van der Waals surface area contributed by atoms with Crippen molar-refractivity contribution in [1.29, 1.82) is 5.26 Å². The van der Waals surface area contributed by atoms with Crippen LogP contribution in [0.25, 0.3) is 11.1 Å². The van der Waals surface area contributed by atoms with Crippen molar-refractivity contribution < 1.29 is 26.7 Å². The van der Waals surface area contributed by atoms with Crippen molar-refractivity contribution in [2.45, 2.75) is 18.2 Å². The lowest BCUT2D eigenvalue weighted by Crippen LogP contribution is -2.49. The van der Waals surface area contributed by atoms with Crippen LogP contribution in [0.1, 0.15) is 22.3 Å². The highest BCUT2D eigenvalue weighted by molar-refractivity contribution is 8.03. The van der Waals surface area contributed by atoms with Crippen molar-refractivity contribution in [3.8, 4) is 17.2 Å². The zero-order valence-corrected chi connectivity index (χ0v) is 21.4. The summed E-state index contributed by atoms with van der Waals surface area (Å²) in [5.74, 6) is 2.79. The molecule has 0 saturated heterocycles. The summed E-state index contributed by atoms with van der Waals surface area (Å²) in [6.45, 7) is 0. The Bertz CT molecular complexity index is 1580. The second-order valence-electron chi connectivity index (χ2n) is 8.18. The minimum absolute atomic E-state index is 0.0604. The van der Waals surface area contributed by atoms with Crippen LogP contribution in [0.3, 0.4) is 0 Å². The number of hydrogen-bond acceptors (Lipinski definition) is 8. The lowest BCUT2D eigenvalue weighted by Gasteiger charge is -2.26. The summed E-state index contributed by atoms with van der Waals surface area (Å²) >= 11 is 0. The Balaban J connectivity index is 1.94. The number of rotatable bonds is 10. The van der Waals surface area contributed by atoms with Crippen LogP contribution in [0.5, 0.6) is 0 Å². The predicted molar refractivity (Wildman–Crippen MR) is 139 cm³/mol. The van der Waals surface area contributed by atoms with E-state index in [0.29, 0.717) is 34.1 Å². The molecule has 0 aliphatic carbocycles. The molecule has 0 radical (unpaired) electrons. The Morgan fingerprint density at radius 1 is 1.05 bits per heavy atom. The summed E-state index contributed by atoms with van der Waals surface area (Å²) in [5.41, 5.74) is 2.94. The van der Waals surface area contributed by atoms with Crippen LogP contribution in [-0.4, -0.2) is 50.1 Å². The van der Waals surface area contributed by atoms with Crippen LogP contribution in [0.15, 0.2) is 77.9 Å². The van der Waals surface area contributed by atoms with E-state index in [1.807, 2.05) is 0 Å². The fraction of sp³-hybridized carbons (Fsp3) is 0.160. The third-order valence-electron chi connectivity index (χ3n) is 5.41. The topological polar surface area (TPSA) is 171 Å². The molecule has 12 heteroatoms. The second kappa shape index (κ2) is 11.3. The Morgan fingerprint density at radius 3 is 2.32 bits per heavy atom. The van der Waals surface area contributed by atoms with Gasteiger partial charge in [0.1, 0.15) is 6.04 Å². The maximum atomic E-state index is 13.3. The molecule has 0 bridgehead atoms. The van der Waals surface area contributed by atoms with Gasteiger partial charge in [-0.3, -0.25) is 4.79 Å². The number of nitriles is 1. The van der Waals surface area contributed by atoms with Gasteiger partial charge in [-0.2, -0.15) is 10.4 Å². The molecule has 0 amide bonds. The first kappa shape index (κ1) is 27.5. The van der Waals surface area contributed by atoms with E-state index >= 15 is 0 Å². The molecule has 0 saturated carbocycles. The van der Waals surface area contributed by atoms with Gasteiger partial charge in [0, 0.05) is 6.42 Å². The number of aliphatic carboxylic acids is 1. The number of carboxylic acids is 1. The monoisotopic (exact) mass is 540 g/mol. The highest BCUT2D eigenvalue weighted by atomic mass is 32.3. The molecule has 3 aromatic rings. The maximum Gasteiger partial charge on any atom is 0.323 e. The van der Waals surface area contributed by atoms with Crippen molar-refractivity contribution in [1.82, 2.24) is 3.71 Å². The molecule has 192 valence electrons. The van der Waals surface area contributed by atoms with Gasteiger partial charge in [0.15, 0.2) is 0 Å². The van der Waals surface area contributed by atoms with Crippen LogP contribution in [0, 0.1) is 11.3 Å². The summed E-state index contributed by atoms with van der Waals surface area (Å²) in [5, 5.41) is 22.6. The minimum atomic E-state index is -4.64. The van der Waals surface area contributed by atoms with Crippen LogP contribution < -0.4 is 5.84 Å². The molecule has 0 fully saturated rings. The quantitative estimate of drug-likeness (QED) is 0.224. The first-order valence-corrected chi connectivity index (χ1v) is 14.3. The molecular formula is C25H24N4O6S2. The highest BCUT2D eigenvalue weighted by Crippen LogP contribution is 2.26. The van der Waals surface area contributed by atoms with E-state index in [9.17, 15) is 32.0 Å². The maximum absolute atomic E-state index is 13.3. The van der Waals surface area contributed by atoms with Gasteiger partial charge in [-0.15, -0.1) is 0 Å². The average molecular weight is 541 g/mol. The van der Waals surface area contributed by atoms with Crippen LogP contribution in [0.2, 0.25) is 0 Å². The third-order valence-corrected chi connectivity index (χ3v) is 9.31. The number of carbonyl (C=O) groups is 1. The number of nitrogens with two attached hydrogens (primary N) is 1. The molecule has 0 aliphatic heterocycles. The Hall–Kier alpha value is -4.05. The van der Waals surface area contributed by atoms with Crippen molar-refractivity contribution >= 4 is 32.2 Å². The Kier molecular flexibility index (Phi) is 8.44. The molecule has 10 nitrogen and oxygen atoms in total. The van der Waals surface area contributed by atoms with Gasteiger partial charge in [0.25, 0.3) is 0 Å². The van der Waals surface area contributed by atoms with Gasteiger partial charge < -0.3 is 10.9 Å². The summed E-state index contributed by atoms with van der Waals surface area (Å²) < 4.78 is 51.9. The number of benzene rings is 3. The summed E-state index contributed by atoms with van der Waals surface area (Å²) in [7, 11) is -9.15. The van der Waals surface area contributed by atoms with Gasteiger partial charge in [0.2, 0.25) is 20.0 Å². The fourth-order valence-electron chi connectivity index (χ4n) is 3.88. The average Bonchev–Trinajstić information content (AvgIpc) is 2.83. The summed E-state index contributed by atoms with van der Waals surface area (Å²) in [6, 6.07) is 19.6. The Labute approximate surface area is 215 Å². The van der Waals surface area contributed by atoms with E-state index in [-0.39, 0.29) is 9.27 Å². The molecule has 0 aromatic heterocycles. The van der Waals surface area contributed by atoms with Crippen molar-refractivity contribution in [3.63, 3.8) is 0 Å². The SMILES string of the molecule is CS(=O)(=O)N(C(Cc1cccc(/C=N/N)c1)C(=O)O)S(=O)(=O)Cc1ccc(-c2ccccc2C#N)cc1. The lowest BCUT2D eigenvalue weighted by molar-refractivity contribution is -0.140. The van der Waals surface area contributed by atoms with E-state index in [2.05, 4.69) is 11.2 Å². The van der Waals surface area contributed by atoms with Gasteiger partial charge in [-0.25, -0.2) is 16.8 Å². The molecule has 3 aromatic carbocycles. The number of sulfonamides is 2. The van der Waals surface area contributed by atoms with E-state index in [1.165, 1.54) is 24.4 Å². The predicted octanol–water partition coefficient (Wildman–Crippen LogP) is 2.31.